The second kappa shape index (κ2) is 10.7. The van der Waals surface area contributed by atoms with Crippen molar-refractivity contribution in [1.29, 1.82) is 0 Å². The Labute approximate surface area is 188 Å². The molecule has 8 nitrogen and oxygen atoms in total. The number of likely N-dealkylation sites (N-methyl/N-ethyl adjacent to an activating group) is 1. The van der Waals surface area contributed by atoms with E-state index in [0.717, 1.165) is 6.42 Å². The highest BCUT2D eigenvalue weighted by Crippen LogP contribution is 2.29. The Morgan fingerprint density at radius 1 is 1.23 bits per heavy atom. The van der Waals surface area contributed by atoms with E-state index >= 15 is 0 Å². The number of anilines is 1. The predicted molar refractivity (Wildman–Crippen MR) is 119 cm³/mol. The van der Waals surface area contributed by atoms with Crippen molar-refractivity contribution in [2.24, 2.45) is 0 Å². The average molecular weight is 454 g/mol. The maximum absolute atomic E-state index is 12.8. The lowest BCUT2D eigenvalue weighted by atomic mass is 10.2. The van der Waals surface area contributed by atoms with Crippen LogP contribution in [-0.2, 0) is 14.3 Å². The second-order valence-corrected chi connectivity index (χ2v) is 8.73. The zero-order valence-electron chi connectivity index (χ0n) is 18.9. The third-order valence-corrected chi connectivity index (χ3v) is 5.15. The summed E-state index contributed by atoms with van der Waals surface area (Å²) in [6, 6.07) is 4.21. The standard InChI is InChI=1S/C22H32ClN3O5/c1-6-25(7-2)19(27)14-30-18-11-10-15(13-16(18)23)24-20(28)17-9-8-12-26(17)21(29)31-22(3,4)5/h10-11,13,17H,6-9,12,14H2,1-5H3,(H,24,28). The fourth-order valence-electron chi connectivity index (χ4n) is 3.31. The van der Waals surface area contributed by atoms with Crippen LogP contribution in [0.2, 0.25) is 5.02 Å². The molecular weight excluding hydrogens is 422 g/mol. The Kier molecular flexibility index (Phi) is 8.56. The minimum atomic E-state index is -0.628. The molecule has 1 aliphatic heterocycles. The summed E-state index contributed by atoms with van der Waals surface area (Å²) in [6.07, 6.45) is 0.795. The molecule has 1 saturated heterocycles. The van der Waals surface area contributed by atoms with Gasteiger partial charge in [-0.05, 0) is 65.7 Å². The molecule has 2 rings (SSSR count). The normalized spacial score (nSPS) is 16.1. The Morgan fingerprint density at radius 2 is 1.90 bits per heavy atom. The number of hydrogen-bond donors (Lipinski definition) is 1. The lowest BCUT2D eigenvalue weighted by Gasteiger charge is -2.28. The number of likely N-dealkylation sites (tertiary alicyclic amines) is 1. The van der Waals surface area contributed by atoms with Gasteiger partial charge in [-0.3, -0.25) is 14.5 Å². The van der Waals surface area contributed by atoms with E-state index < -0.39 is 17.7 Å². The molecular formula is C22H32ClN3O5. The quantitative estimate of drug-likeness (QED) is 0.675. The smallest absolute Gasteiger partial charge is 0.410 e. The van der Waals surface area contributed by atoms with E-state index in [1.807, 2.05) is 13.8 Å². The lowest BCUT2D eigenvalue weighted by Crippen LogP contribution is -2.45. The summed E-state index contributed by atoms with van der Waals surface area (Å²) < 4.78 is 10.9. The topological polar surface area (TPSA) is 88.2 Å². The molecule has 0 radical (unpaired) electrons. The van der Waals surface area contributed by atoms with E-state index in [1.165, 1.54) is 4.90 Å². The first-order valence-electron chi connectivity index (χ1n) is 10.6. The van der Waals surface area contributed by atoms with Crippen LogP contribution in [-0.4, -0.2) is 65.6 Å². The van der Waals surface area contributed by atoms with Gasteiger partial charge in [0.2, 0.25) is 5.91 Å². The molecule has 31 heavy (non-hydrogen) atoms. The van der Waals surface area contributed by atoms with Crippen LogP contribution < -0.4 is 10.1 Å². The molecule has 1 unspecified atom stereocenters. The summed E-state index contributed by atoms with van der Waals surface area (Å²) in [5, 5.41) is 3.08. The van der Waals surface area contributed by atoms with Gasteiger partial charge < -0.3 is 19.7 Å². The molecule has 1 N–H and O–H groups in total. The van der Waals surface area contributed by atoms with E-state index in [-0.39, 0.29) is 23.4 Å². The Hall–Kier alpha value is -2.48. The molecule has 0 spiro atoms. The van der Waals surface area contributed by atoms with Gasteiger partial charge in [-0.25, -0.2) is 4.79 Å². The Morgan fingerprint density at radius 3 is 2.48 bits per heavy atom. The van der Waals surface area contributed by atoms with Crippen molar-refractivity contribution in [2.45, 2.75) is 59.1 Å². The van der Waals surface area contributed by atoms with Gasteiger partial charge in [-0.1, -0.05) is 11.6 Å². The van der Waals surface area contributed by atoms with Gasteiger partial charge in [0.1, 0.15) is 17.4 Å². The van der Waals surface area contributed by atoms with Crippen LogP contribution in [0.25, 0.3) is 0 Å². The third-order valence-electron chi connectivity index (χ3n) is 4.85. The van der Waals surface area contributed by atoms with E-state index in [4.69, 9.17) is 21.1 Å². The van der Waals surface area contributed by atoms with Crippen molar-refractivity contribution in [3.63, 3.8) is 0 Å². The highest BCUT2D eigenvalue weighted by atomic mass is 35.5. The second-order valence-electron chi connectivity index (χ2n) is 8.32. The summed E-state index contributed by atoms with van der Waals surface area (Å²) in [5.41, 5.74) is -0.148. The van der Waals surface area contributed by atoms with Crippen molar-refractivity contribution in [1.82, 2.24) is 9.80 Å². The zero-order valence-corrected chi connectivity index (χ0v) is 19.6. The van der Waals surface area contributed by atoms with Gasteiger partial charge in [0.05, 0.1) is 5.02 Å². The molecule has 1 fully saturated rings. The zero-order chi connectivity index (χ0) is 23.2. The van der Waals surface area contributed by atoms with Gasteiger partial charge >= 0.3 is 6.09 Å². The van der Waals surface area contributed by atoms with E-state index in [9.17, 15) is 14.4 Å². The lowest BCUT2D eigenvalue weighted by molar-refractivity contribution is -0.133. The first kappa shape index (κ1) is 24.8. The maximum Gasteiger partial charge on any atom is 0.410 e. The van der Waals surface area contributed by atoms with Crippen molar-refractivity contribution in [3.8, 4) is 5.75 Å². The Balaban J connectivity index is 1.98. The van der Waals surface area contributed by atoms with E-state index in [0.29, 0.717) is 37.5 Å². The molecule has 1 atom stereocenters. The fraction of sp³-hybridized carbons (Fsp3) is 0.591. The van der Waals surface area contributed by atoms with Crippen LogP contribution in [0.3, 0.4) is 0 Å². The first-order valence-corrected chi connectivity index (χ1v) is 10.9. The summed E-state index contributed by atoms with van der Waals surface area (Å²) in [4.78, 5) is 40.4. The van der Waals surface area contributed by atoms with Crippen LogP contribution >= 0.6 is 11.6 Å². The predicted octanol–water partition coefficient (Wildman–Crippen LogP) is 3.93. The SMILES string of the molecule is CCN(CC)C(=O)COc1ccc(NC(=O)C2CCCN2C(=O)OC(C)(C)C)cc1Cl. The molecule has 9 heteroatoms. The van der Waals surface area contributed by atoms with Crippen molar-refractivity contribution in [2.75, 3.05) is 31.6 Å². The van der Waals surface area contributed by atoms with Crippen LogP contribution in [0.5, 0.6) is 5.75 Å². The largest absolute Gasteiger partial charge is 0.482 e. The number of nitrogens with zero attached hydrogens (tertiary/aromatic N) is 2. The fourth-order valence-corrected chi connectivity index (χ4v) is 3.54. The molecule has 0 saturated carbocycles. The first-order chi connectivity index (χ1) is 14.6. The third kappa shape index (κ3) is 7.02. The number of ether oxygens (including phenoxy) is 2. The highest BCUT2D eigenvalue weighted by molar-refractivity contribution is 6.32. The molecule has 1 heterocycles. The number of benzene rings is 1. The minimum absolute atomic E-state index is 0.111. The number of halogens is 1. The molecule has 0 aromatic heterocycles. The van der Waals surface area contributed by atoms with Crippen LogP contribution in [0.15, 0.2) is 18.2 Å². The van der Waals surface area contributed by atoms with Crippen molar-refractivity contribution in [3.05, 3.63) is 23.2 Å². The van der Waals surface area contributed by atoms with Gasteiger partial charge in [-0.2, -0.15) is 0 Å². The van der Waals surface area contributed by atoms with Crippen molar-refractivity contribution < 1.29 is 23.9 Å². The van der Waals surface area contributed by atoms with Crippen LogP contribution in [0.4, 0.5) is 10.5 Å². The summed E-state index contributed by atoms with van der Waals surface area (Å²) >= 11 is 6.27. The summed E-state index contributed by atoms with van der Waals surface area (Å²) in [7, 11) is 0. The average Bonchev–Trinajstić information content (AvgIpc) is 3.17. The van der Waals surface area contributed by atoms with Gasteiger partial charge in [-0.15, -0.1) is 0 Å². The molecule has 0 aliphatic carbocycles. The van der Waals surface area contributed by atoms with Crippen LogP contribution in [0.1, 0.15) is 47.5 Å². The molecule has 3 amide bonds. The monoisotopic (exact) mass is 453 g/mol. The molecule has 172 valence electrons. The van der Waals surface area contributed by atoms with E-state index in [1.54, 1.807) is 43.9 Å². The minimum Gasteiger partial charge on any atom is -0.482 e. The van der Waals surface area contributed by atoms with Gasteiger partial charge in [0.25, 0.3) is 5.91 Å². The highest BCUT2D eigenvalue weighted by Gasteiger charge is 2.36. The summed E-state index contributed by atoms with van der Waals surface area (Å²) in [6.45, 7) is 10.8. The van der Waals surface area contributed by atoms with Crippen molar-refractivity contribution >= 4 is 35.2 Å². The molecule has 1 aromatic rings. The maximum atomic E-state index is 12.8. The number of carbonyl (C=O) groups is 3. The molecule has 1 aliphatic rings. The number of rotatable bonds is 7. The number of nitrogens with one attached hydrogen (secondary N) is 1. The molecule has 1 aromatic carbocycles. The summed E-state index contributed by atoms with van der Waals surface area (Å²) in [5.74, 6) is -0.0665. The number of amides is 3. The number of carbonyl (C=O) groups excluding carboxylic acids is 3. The Bertz CT molecular complexity index is 805. The molecule has 0 bridgehead atoms. The van der Waals surface area contributed by atoms with E-state index in [2.05, 4.69) is 5.32 Å². The van der Waals surface area contributed by atoms with Gasteiger partial charge in [0.15, 0.2) is 6.61 Å². The number of hydrogen-bond acceptors (Lipinski definition) is 5. The van der Waals surface area contributed by atoms with Crippen LogP contribution in [0, 0.1) is 0 Å². The van der Waals surface area contributed by atoms with Gasteiger partial charge in [0, 0.05) is 25.3 Å².